The number of benzene rings is 6. The van der Waals surface area contributed by atoms with E-state index in [-0.39, 0.29) is 0 Å². The first kappa shape index (κ1) is 22.8. The van der Waals surface area contributed by atoms with Crippen LogP contribution in [0.25, 0.3) is 60.9 Å². The maximum Gasteiger partial charge on any atom is 0.0541 e. The quantitative estimate of drug-likeness (QED) is 0.205. The second-order valence-corrected chi connectivity index (χ2v) is 10.5. The van der Waals surface area contributed by atoms with Gasteiger partial charge in [-0.3, -0.25) is 0 Å². The van der Waals surface area contributed by atoms with E-state index in [1.807, 2.05) is 0 Å². The van der Waals surface area contributed by atoms with E-state index < -0.39 is 0 Å². The lowest BCUT2D eigenvalue weighted by Gasteiger charge is -2.13. The predicted octanol–water partition coefficient (Wildman–Crippen LogP) is 10.5. The summed E-state index contributed by atoms with van der Waals surface area (Å²) < 4.78 is 3.46. The molecule has 180 valence electrons. The van der Waals surface area contributed by atoms with Gasteiger partial charge in [0.1, 0.15) is 0 Å². The lowest BCUT2D eigenvalue weighted by molar-refractivity contribution is 1.18. The molecule has 0 atom stereocenters. The first-order chi connectivity index (χ1) is 18.7. The summed E-state index contributed by atoms with van der Waals surface area (Å²) in [5.41, 5.74) is 10.8. The Kier molecular flexibility index (Phi) is 5.68. The van der Waals surface area contributed by atoms with E-state index in [4.69, 9.17) is 0 Å². The van der Waals surface area contributed by atoms with Crippen LogP contribution in [-0.2, 0) is 0 Å². The number of nitrogens with zero attached hydrogens (tertiary/aromatic N) is 1. The first-order valence-corrected chi connectivity index (χ1v) is 13.6. The molecule has 0 aliphatic heterocycles. The first-order valence-electron chi connectivity index (χ1n) is 12.8. The zero-order valence-electron chi connectivity index (χ0n) is 20.7. The fourth-order valence-corrected chi connectivity index (χ4v) is 5.69. The molecule has 7 rings (SSSR count). The molecule has 0 bridgehead atoms. The summed E-state index contributed by atoms with van der Waals surface area (Å²) in [4.78, 5) is 0. The Balaban J connectivity index is 1.43. The van der Waals surface area contributed by atoms with E-state index in [0.717, 1.165) is 10.2 Å². The Labute approximate surface area is 230 Å². The SMILES string of the molecule is Brc1ccc(-c2cc(-c3ccccc3)cc(-c3cccc(-n4c5ccccc5c5ccccc54)c3)c2)cc1. The summed E-state index contributed by atoms with van der Waals surface area (Å²) in [5.74, 6) is 0. The Morgan fingerprint density at radius 3 is 1.50 bits per heavy atom. The van der Waals surface area contributed by atoms with Crippen LogP contribution < -0.4 is 0 Å². The van der Waals surface area contributed by atoms with E-state index in [9.17, 15) is 0 Å². The van der Waals surface area contributed by atoms with E-state index in [2.05, 4.69) is 166 Å². The third-order valence-electron chi connectivity index (χ3n) is 7.24. The topological polar surface area (TPSA) is 4.93 Å². The van der Waals surface area contributed by atoms with Crippen molar-refractivity contribution in [1.29, 1.82) is 0 Å². The molecule has 0 spiro atoms. The van der Waals surface area contributed by atoms with Gasteiger partial charge < -0.3 is 4.57 Å². The number of para-hydroxylation sites is 2. The van der Waals surface area contributed by atoms with Gasteiger partial charge in [-0.05, 0) is 88.0 Å². The highest BCUT2D eigenvalue weighted by atomic mass is 79.9. The minimum absolute atomic E-state index is 1.08. The molecule has 2 heteroatoms. The molecule has 0 saturated heterocycles. The van der Waals surface area contributed by atoms with Gasteiger partial charge in [-0.25, -0.2) is 0 Å². The Hall–Kier alpha value is -4.40. The van der Waals surface area contributed by atoms with Crippen molar-refractivity contribution in [2.45, 2.75) is 0 Å². The summed E-state index contributed by atoms with van der Waals surface area (Å²) in [6, 6.07) is 52.3. The van der Waals surface area contributed by atoms with Crippen molar-refractivity contribution in [3.63, 3.8) is 0 Å². The van der Waals surface area contributed by atoms with Gasteiger partial charge in [-0.15, -0.1) is 0 Å². The third kappa shape index (κ3) is 4.04. The Morgan fingerprint density at radius 2 is 0.868 bits per heavy atom. The highest BCUT2D eigenvalue weighted by Crippen LogP contribution is 2.36. The van der Waals surface area contributed by atoms with E-state index in [1.165, 1.54) is 55.2 Å². The van der Waals surface area contributed by atoms with Crippen LogP contribution in [0.2, 0.25) is 0 Å². The Bertz CT molecular complexity index is 1860. The molecule has 0 aliphatic carbocycles. The van der Waals surface area contributed by atoms with Gasteiger partial charge in [0, 0.05) is 20.9 Å². The van der Waals surface area contributed by atoms with Gasteiger partial charge >= 0.3 is 0 Å². The zero-order valence-corrected chi connectivity index (χ0v) is 22.3. The molecule has 38 heavy (non-hydrogen) atoms. The second-order valence-electron chi connectivity index (χ2n) is 9.59. The van der Waals surface area contributed by atoms with Crippen LogP contribution in [0, 0.1) is 0 Å². The van der Waals surface area contributed by atoms with Gasteiger partial charge in [0.05, 0.1) is 11.0 Å². The van der Waals surface area contributed by atoms with Crippen LogP contribution >= 0.6 is 15.9 Å². The van der Waals surface area contributed by atoms with Crippen molar-refractivity contribution in [3.05, 3.63) is 150 Å². The average Bonchev–Trinajstić information content (AvgIpc) is 3.32. The monoisotopic (exact) mass is 549 g/mol. The van der Waals surface area contributed by atoms with Gasteiger partial charge in [-0.1, -0.05) is 107 Å². The van der Waals surface area contributed by atoms with E-state index in [1.54, 1.807) is 0 Å². The van der Waals surface area contributed by atoms with Crippen LogP contribution in [0.5, 0.6) is 0 Å². The van der Waals surface area contributed by atoms with Gasteiger partial charge in [0.2, 0.25) is 0 Å². The van der Waals surface area contributed by atoms with Gasteiger partial charge in [-0.2, -0.15) is 0 Å². The summed E-state index contributed by atoms with van der Waals surface area (Å²) in [6.45, 7) is 0. The highest BCUT2D eigenvalue weighted by molar-refractivity contribution is 9.10. The fourth-order valence-electron chi connectivity index (χ4n) is 5.43. The zero-order chi connectivity index (χ0) is 25.5. The van der Waals surface area contributed by atoms with Gasteiger partial charge in [0.15, 0.2) is 0 Å². The minimum atomic E-state index is 1.08. The predicted molar refractivity (Wildman–Crippen MR) is 165 cm³/mol. The van der Waals surface area contributed by atoms with E-state index in [0.29, 0.717) is 0 Å². The van der Waals surface area contributed by atoms with Crippen LogP contribution in [0.4, 0.5) is 0 Å². The van der Waals surface area contributed by atoms with Crippen LogP contribution in [0.3, 0.4) is 0 Å². The summed E-state index contributed by atoms with van der Waals surface area (Å²) in [7, 11) is 0. The number of halogens is 1. The third-order valence-corrected chi connectivity index (χ3v) is 7.76. The number of hydrogen-bond donors (Lipinski definition) is 0. The van der Waals surface area contributed by atoms with E-state index >= 15 is 0 Å². The molecule has 1 heterocycles. The molecule has 1 aromatic heterocycles. The molecule has 0 N–H and O–H groups in total. The molecule has 7 aromatic rings. The molecular weight excluding hydrogens is 526 g/mol. The highest BCUT2D eigenvalue weighted by Gasteiger charge is 2.13. The largest absolute Gasteiger partial charge is 0.309 e. The summed E-state index contributed by atoms with van der Waals surface area (Å²) >= 11 is 3.58. The molecule has 0 amide bonds. The maximum atomic E-state index is 3.58. The van der Waals surface area contributed by atoms with Gasteiger partial charge in [0.25, 0.3) is 0 Å². The minimum Gasteiger partial charge on any atom is -0.309 e. The number of fused-ring (bicyclic) bond motifs is 3. The van der Waals surface area contributed by atoms with Crippen LogP contribution in [-0.4, -0.2) is 4.57 Å². The van der Waals surface area contributed by atoms with Crippen molar-refractivity contribution in [2.75, 3.05) is 0 Å². The van der Waals surface area contributed by atoms with Crippen LogP contribution in [0.1, 0.15) is 0 Å². The fraction of sp³-hybridized carbons (Fsp3) is 0. The van der Waals surface area contributed by atoms with Crippen molar-refractivity contribution < 1.29 is 0 Å². The molecule has 1 nitrogen and oxygen atoms in total. The lowest BCUT2D eigenvalue weighted by atomic mass is 9.93. The molecule has 0 saturated carbocycles. The standard InChI is InChI=1S/C36H24BrN/c37-31-19-17-26(18-20-31)29-21-28(25-9-2-1-3-10-25)22-30(23-29)27-11-8-12-32(24-27)38-35-15-6-4-13-33(35)34-14-5-7-16-36(34)38/h1-24H. The molecule has 0 unspecified atom stereocenters. The lowest BCUT2D eigenvalue weighted by Crippen LogP contribution is -1.94. The molecule has 0 radical (unpaired) electrons. The molecule has 0 fully saturated rings. The number of rotatable bonds is 4. The Morgan fingerprint density at radius 1 is 0.368 bits per heavy atom. The number of aromatic nitrogens is 1. The molecule has 0 aliphatic rings. The molecule has 6 aromatic carbocycles. The van der Waals surface area contributed by atoms with Crippen molar-refractivity contribution in [3.8, 4) is 39.1 Å². The summed E-state index contributed by atoms with van der Waals surface area (Å²) in [5, 5.41) is 2.55. The maximum absolute atomic E-state index is 3.58. The normalized spacial score (nSPS) is 11.3. The summed E-state index contributed by atoms with van der Waals surface area (Å²) in [6.07, 6.45) is 0. The van der Waals surface area contributed by atoms with Crippen molar-refractivity contribution >= 4 is 37.7 Å². The number of hydrogen-bond acceptors (Lipinski definition) is 0. The van der Waals surface area contributed by atoms with Crippen molar-refractivity contribution in [1.82, 2.24) is 4.57 Å². The second kappa shape index (κ2) is 9.48. The van der Waals surface area contributed by atoms with Crippen LogP contribution in [0.15, 0.2) is 150 Å². The smallest absolute Gasteiger partial charge is 0.0541 e. The molecular formula is C36H24BrN. The average molecular weight is 550 g/mol. The van der Waals surface area contributed by atoms with Crippen molar-refractivity contribution in [2.24, 2.45) is 0 Å².